The second kappa shape index (κ2) is 8.54. The number of carbonyl (C=O) groups excluding carboxylic acids is 1. The summed E-state index contributed by atoms with van der Waals surface area (Å²) in [5.41, 5.74) is 16.7. The van der Waals surface area contributed by atoms with E-state index in [0.29, 0.717) is 0 Å². The van der Waals surface area contributed by atoms with Gasteiger partial charge in [0.25, 0.3) is 0 Å². The molecule has 1 aliphatic rings. The third-order valence-electron chi connectivity index (χ3n) is 4.28. The highest BCUT2D eigenvalue weighted by Crippen LogP contribution is 2.27. The van der Waals surface area contributed by atoms with Gasteiger partial charge in [-0.1, -0.05) is 24.3 Å². The number of nitrogen functional groups attached to an aromatic ring is 2. The molecule has 0 heterocycles. The molecule has 2 aromatic carbocycles. The number of halogens is 1. The molecule has 130 valence electrons. The molecule has 0 amide bonds. The van der Waals surface area contributed by atoms with Crippen LogP contribution >= 0.6 is 12.4 Å². The summed E-state index contributed by atoms with van der Waals surface area (Å²) in [7, 11) is 0. The number of allylic oxidation sites excluding steroid dienone is 2. The lowest BCUT2D eigenvalue weighted by molar-refractivity contribution is -0.112. The van der Waals surface area contributed by atoms with Gasteiger partial charge < -0.3 is 11.5 Å². The summed E-state index contributed by atoms with van der Waals surface area (Å²) < 4.78 is 0. The molecule has 0 saturated heterocycles. The number of hydrogen-bond acceptors (Lipinski definition) is 3. The Bertz CT molecular complexity index is 722. The summed E-state index contributed by atoms with van der Waals surface area (Å²) >= 11 is 0. The Kier molecular flexibility index (Phi) is 6.43. The van der Waals surface area contributed by atoms with Gasteiger partial charge in [-0.2, -0.15) is 0 Å². The van der Waals surface area contributed by atoms with Gasteiger partial charge in [0, 0.05) is 22.5 Å². The highest BCUT2D eigenvalue weighted by Gasteiger charge is 2.18. The van der Waals surface area contributed by atoms with Gasteiger partial charge in [0.15, 0.2) is 5.78 Å². The van der Waals surface area contributed by atoms with E-state index in [1.807, 2.05) is 60.7 Å². The van der Waals surface area contributed by atoms with Gasteiger partial charge in [-0.05, 0) is 73.2 Å². The summed E-state index contributed by atoms with van der Waals surface area (Å²) in [6.45, 7) is 0. The van der Waals surface area contributed by atoms with E-state index < -0.39 is 0 Å². The van der Waals surface area contributed by atoms with Crippen LogP contribution in [0.15, 0.2) is 59.7 Å². The Morgan fingerprint density at radius 3 is 1.40 bits per heavy atom. The second-order valence-electron chi connectivity index (χ2n) is 6.21. The molecule has 25 heavy (non-hydrogen) atoms. The first-order valence-corrected chi connectivity index (χ1v) is 8.29. The molecule has 4 heteroatoms. The molecule has 0 atom stereocenters. The van der Waals surface area contributed by atoms with E-state index in [1.165, 1.54) is 0 Å². The van der Waals surface area contributed by atoms with Crippen molar-refractivity contribution in [3.05, 3.63) is 70.8 Å². The minimum absolute atomic E-state index is 0. The van der Waals surface area contributed by atoms with Crippen molar-refractivity contribution >= 4 is 41.7 Å². The third kappa shape index (κ3) is 4.97. The number of anilines is 2. The number of Topliss-reactive ketones (excluding diaryl/α,β-unsaturated/α-hetero) is 1. The van der Waals surface area contributed by atoms with Gasteiger partial charge in [-0.25, -0.2) is 0 Å². The molecule has 2 aromatic rings. The van der Waals surface area contributed by atoms with Crippen LogP contribution in [0.4, 0.5) is 11.4 Å². The molecular formula is C21H23ClN2O. The minimum atomic E-state index is 0. The molecule has 0 unspecified atom stereocenters. The first-order valence-electron chi connectivity index (χ1n) is 8.29. The smallest absolute Gasteiger partial charge is 0.185 e. The van der Waals surface area contributed by atoms with Crippen molar-refractivity contribution in [1.29, 1.82) is 0 Å². The number of ketones is 1. The zero-order valence-corrected chi connectivity index (χ0v) is 14.9. The average molecular weight is 355 g/mol. The lowest BCUT2D eigenvalue weighted by atomic mass is 9.98. The third-order valence-corrected chi connectivity index (χ3v) is 4.28. The molecular weight excluding hydrogens is 332 g/mol. The van der Waals surface area contributed by atoms with Gasteiger partial charge in [0.05, 0.1) is 0 Å². The van der Waals surface area contributed by atoms with Gasteiger partial charge in [0.1, 0.15) is 0 Å². The molecule has 3 nitrogen and oxygen atoms in total. The summed E-state index contributed by atoms with van der Waals surface area (Å²) in [6.07, 6.45) is 7.69. The zero-order chi connectivity index (χ0) is 16.9. The first-order chi connectivity index (χ1) is 11.6. The Morgan fingerprint density at radius 2 is 1.04 bits per heavy atom. The average Bonchev–Trinajstić information content (AvgIpc) is 2.75. The van der Waals surface area contributed by atoms with Crippen LogP contribution in [0, 0.1) is 0 Å². The molecule has 3 rings (SSSR count). The Balaban J connectivity index is 0.00000225. The molecule has 1 saturated carbocycles. The molecule has 0 bridgehead atoms. The van der Waals surface area contributed by atoms with E-state index in [0.717, 1.165) is 59.3 Å². The van der Waals surface area contributed by atoms with E-state index >= 15 is 0 Å². The van der Waals surface area contributed by atoms with Crippen LogP contribution in [-0.2, 0) is 4.79 Å². The summed E-state index contributed by atoms with van der Waals surface area (Å²) in [4.78, 5) is 12.9. The fourth-order valence-electron chi connectivity index (χ4n) is 2.93. The van der Waals surface area contributed by atoms with Crippen molar-refractivity contribution in [2.75, 3.05) is 11.5 Å². The molecule has 0 spiro atoms. The summed E-state index contributed by atoms with van der Waals surface area (Å²) in [6, 6.07) is 15.2. The van der Waals surface area contributed by atoms with Gasteiger partial charge in [-0.3, -0.25) is 4.79 Å². The van der Waals surface area contributed by atoms with Crippen LogP contribution in [0.3, 0.4) is 0 Å². The molecule has 0 radical (unpaired) electrons. The number of benzene rings is 2. The lowest BCUT2D eigenvalue weighted by Gasteiger charge is -2.06. The number of hydrogen-bond donors (Lipinski definition) is 2. The molecule has 1 aliphatic carbocycles. The van der Waals surface area contributed by atoms with E-state index in [9.17, 15) is 4.79 Å². The Labute approximate surface area is 154 Å². The molecule has 4 N–H and O–H groups in total. The van der Waals surface area contributed by atoms with Gasteiger partial charge in [-0.15, -0.1) is 12.4 Å². The van der Waals surface area contributed by atoms with Gasteiger partial charge >= 0.3 is 0 Å². The summed E-state index contributed by atoms with van der Waals surface area (Å²) in [5.74, 6) is 0.154. The lowest BCUT2D eigenvalue weighted by Crippen LogP contribution is -2.04. The van der Waals surface area contributed by atoms with Crippen LogP contribution in [-0.4, -0.2) is 5.78 Å². The van der Waals surface area contributed by atoms with Crippen LogP contribution in [0.5, 0.6) is 0 Å². The number of nitrogens with two attached hydrogens (primary N) is 2. The van der Waals surface area contributed by atoms with Crippen LogP contribution < -0.4 is 11.5 Å². The van der Waals surface area contributed by atoms with Crippen LogP contribution in [0.1, 0.15) is 36.8 Å². The highest BCUT2D eigenvalue weighted by atomic mass is 35.5. The van der Waals surface area contributed by atoms with E-state index in [4.69, 9.17) is 11.5 Å². The SMILES string of the molecule is Cl.Nc1ccc(/C=C2\CCCC/C(=C\c3ccc(N)cc3)C2=O)cc1. The molecule has 0 aromatic heterocycles. The van der Waals surface area contributed by atoms with Crippen molar-refractivity contribution in [3.8, 4) is 0 Å². The predicted molar refractivity (Wildman–Crippen MR) is 108 cm³/mol. The fraction of sp³-hybridized carbons (Fsp3) is 0.190. The van der Waals surface area contributed by atoms with Crippen LogP contribution in [0.25, 0.3) is 12.2 Å². The van der Waals surface area contributed by atoms with E-state index in [-0.39, 0.29) is 18.2 Å². The largest absolute Gasteiger partial charge is 0.399 e. The van der Waals surface area contributed by atoms with Crippen molar-refractivity contribution < 1.29 is 4.79 Å². The van der Waals surface area contributed by atoms with Crippen LogP contribution in [0.2, 0.25) is 0 Å². The summed E-state index contributed by atoms with van der Waals surface area (Å²) in [5, 5.41) is 0. The first kappa shape index (κ1) is 18.8. The Morgan fingerprint density at radius 1 is 0.680 bits per heavy atom. The van der Waals surface area contributed by atoms with Crippen molar-refractivity contribution in [3.63, 3.8) is 0 Å². The normalized spacial score (nSPS) is 18.0. The van der Waals surface area contributed by atoms with Crippen molar-refractivity contribution in [1.82, 2.24) is 0 Å². The molecule has 1 fully saturated rings. The maximum Gasteiger partial charge on any atom is 0.185 e. The number of carbonyl (C=O) groups is 1. The Hall–Kier alpha value is -2.52. The molecule has 0 aliphatic heterocycles. The minimum Gasteiger partial charge on any atom is -0.399 e. The van der Waals surface area contributed by atoms with Gasteiger partial charge in [0.2, 0.25) is 0 Å². The highest BCUT2D eigenvalue weighted by molar-refractivity contribution is 6.13. The quantitative estimate of drug-likeness (QED) is 0.458. The second-order valence-corrected chi connectivity index (χ2v) is 6.21. The van der Waals surface area contributed by atoms with Crippen molar-refractivity contribution in [2.24, 2.45) is 0 Å². The maximum atomic E-state index is 12.9. The maximum absolute atomic E-state index is 12.9. The standard InChI is InChI=1S/C21H22N2O.ClH/c22-19-9-5-15(6-10-19)13-17-3-1-2-4-18(21(17)24)14-16-7-11-20(23)12-8-16;/h5-14H,1-4,22-23H2;1H/b17-13+,18-14+;. The topological polar surface area (TPSA) is 69.1 Å². The van der Waals surface area contributed by atoms with Crippen molar-refractivity contribution in [2.45, 2.75) is 25.7 Å². The van der Waals surface area contributed by atoms with E-state index in [1.54, 1.807) is 0 Å². The fourth-order valence-corrected chi connectivity index (χ4v) is 2.93. The van der Waals surface area contributed by atoms with E-state index in [2.05, 4.69) is 0 Å². The predicted octanol–water partition coefficient (Wildman–Crippen LogP) is 4.88. The number of rotatable bonds is 2. The monoisotopic (exact) mass is 354 g/mol. The zero-order valence-electron chi connectivity index (χ0n) is 14.1.